The van der Waals surface area contributed by atoms with E-state index in [-0.39, 0.29) is 15.9 Å². The van der Waals surface area contributed by atoms with Gasteiger partial charge in [-0.3, -0.25) is 0 Å². The van der Waals surface area contributed by atoms with Crippen molar-refractivity contribution >= 4 is 66.7 Å². The van der Waals surface area contributed by atoms with Crippen LogP contribution in [0, 0.1) is 0 Å². The first-order valence-electron chi connectivity index (χ1n) is 13.3. The van der Waals surface area contributed by atoms with Crippen LogP contribution in [0.2, 0.25) is 0 Å². The molecule has 0 saturated heterocycles. The molecule has 0 aliphatic rings. The van der Waals surface area contributed by atoms with Crippen LogP contribution in [0.3, 0.4) is 0 Å². The Morgan fingerprint density at radius 2 is 0.595 bits per heavy atom. The Morgan fingerprint density at radius 1 is 0.357 bits per heavy atom. The van der Waals surface area contributed by atoms with Crippen LogP contribution in [0.1, 0.15) is 0 Å². The molecule has 0 unspecified atom stereocenters. The minimum absolute atomic E-state index is 0.106. The molecule has 0 aromatic heterocycles. The maximum Gasteiger partial charge on any atom is 0.135 e. The molecule has 0 heterocycles. The van der Waals surface area contributed by atoms with Gasteiger partial charge in [-0.1, -0.05) is 158 Å². The van der Waals surface area contributed by atoms with E-state index in [1.165, 1.54) is 31.8 Å². The second-order valence-corrected chi connectivity index (χ2v) is 15.8. The summed E-state index contributed by atoms with van der Waals surface area (Å²) in [4.78, 5) is 0. The van der Waals surface area contributed by atoms with Crippen molar-refractivity contribution in [1.29, 1.82) is 0 Å². The third kappa shape index (κ3) is 7.78. The normalized spacial score (nSPS) is 10.8. The van der Waals surface area contributed by atoms with Crippen molar-refractivity contribution in [1.82, 2.24) is 0 Å². The number of halogens is 2. The van der Waals surface area contributed by atoms with E-state index in [4.69, 9.17) is 23.8 Å². The Kier molecular flexibility index (Phi) is 11.8. The summed E-state index contributed by atoms with van der Waals surface area (Å²) in [6.45, 7) is 0. The molecule has 6 aromatic carbocycles. The van der Waals surface area contributed by atoms with Crippen molar-refractivity contribution in [2.24, 2.45) is 0 Å². The van der Waals surface area contributed by atoms with Crippen molar-refractivity contribution in [2.45, 2.75) is 0 Å². The molecule has 0 fully saturated rings. The summed E-state index contributed by atoms with van der Waals surface area (Å²) in [5, 5.41) is 7.64. The summed E-state index contributed by atoms with van der Waals surface area (Å²) in [6.07, 6.45) is 0. The quantitative estimate of drug-likeness (QED) is 0.114. The van der Waals surface area contributed by atoms with Crippen LogP contribution in [0.5, 0.6) is 11.5 Å². The first-order valence-corrected chi connectivity index (χ1v) is 20.0. The predicted molar refractivity (Wildman–Crippen MR) is 182 cm³/mol. The van der Waals surface area contributed by atoms with Crippen molar-refractivity contribution in [3.8, 4) is 11.5 Å². The van der Waals surface area contributed by atoms with Gasteiger partial charge in [0.1, 0.15) is 11.5 Å². The minimum atomic E-state index is -0.795. The molecular weight excluding hydrogens is 688 g/mol. The topological polar surface area (TPSA) is 9.23 Å². The molecular formula is C36H28Cl2OP2Pd. The molecule has 0 radical (unpaired) electrons. The smallest absolute Gasteiger partial charge is 0.135 e. The summed E-state index contributed by atoms with van der Waals surface area (Å²) in [7, 11) is 8.04. The Labute approximate surface area is 267 Å². The van der Waals surface area contributed by atoms with Crippen molar-refractivity contribution in [3.63, 3.8) is 0 Å². The van der Waals surface area contributed by atoms with Crippen molar-refractivity contribution in [3.05, 3.63) is 170 Å². The average molecular weight is 716 g/mol. The van der Waals surface area contributed by atoms with Gasteiger partial charge < -0.3 is 4.74 Å². The van der Waals surface area contributed by atoms with Gasteiger partial charge in [-0.15, -0.1) is 0 Å². The monoisotopic (exact) mass is 714 g/mol. The largest absolute Gasteiger partial charge is 0.456 e. The maximum absolute atomic E-state index is 6.92. The van der Waals surface area contributed by atoms with Gasteiger partial charge in [-0.25, -0.2) is 0 Å². The minimum Gasteiger partial charge on any atom is -0.456 e. The molecule has 0 bridgehead atoms. The van der Waals surface area contributed by atoms with Crippen LogP contribution in [-0.2, 0) is 15.9 Å². The van der Waals surface area contributed by atoms with Gasteiger partial charge >= 0.3 is 35.0 Å². The fourth-order valence-corrected chi connectivity index (χ4v) is 9.48. The van der Waals surface area contributed by atoms with Crippen molar-refractivity contribution in [2.75, 3.05) is 0 Å². The second-order valence-electron chi connectivity index (χ2n) is 9.10. The molecule has 0 N–H and O–H groups in total. The van der Waals surface area contributed by atoms with Crippen LogP contribution < -0.4 is 36.6 Å². The van der Waals surface area contributed by atoms with Gasteiger partial charge in [0.2, 0.25) is 0 Å². The summed E-state index contributed by atoms with van der Waals surface area (Å²) >= 11 is -0.106. The van der Waals surface area contributed by atoms with Crippen LogP contribution in [-0.4, -0.2) is 0 Å². The van der Waals surface area contributed by atoms with E-state index in [2.05, 4.69) is 170 Å². The van der Waals surface area contributed by atoms with Crippen LogP contribution in [0.25, 0.3) is 0 Å². The molecule has 6 heteroatoms. The standard InChI is InChI=1S/C36H28OP2.2ClH.Pd/c1-5-17-29(18-6-1)38(30-19-7-2-8-20-30)35-27-15-13-25-33(35)37-34-26-14-16-28-36(34)39(31-21-9-3-10-22-31)32-23-11-4-12-24-32;;;/h1-28H;2*1H;/q;;;+2/p-2. The van der Waals surface area contributed by atoms with E-state index in [1.54, 1.807) is 0 Å². The maximum atomic E-state index is 6.92. The molecule has 0 amide bonds. The summed E-state index contributed by atoms with van der Waals surface area (Å²) in [5.41, 5.74) is 0. The Hall–Kier alpha value is -2.78. The van der Waals surface area contributed by atoms with E-state index in [0.29, 0.717) is 0 Å². The summed E-state index contributed by atoms with van der Waals surface area (Å²) < 4.78 is 6.92. The number of hydrogen-bond donors (Lipinski definition) is 0. The Morgan fingerprint density at radius 3 is 0.881 bits per heavy atom. The number of benzene rings is 6. The molecule has 0 aliphatic carbocycles. The van der Waals surface area contributed by atoms with Crippen LogP contribution >= 0.6 is 34.9 Å². The number of para-hydroxylation sites is 2. The van der Waals surface area contributed by atoms with E-state index >= 15 is 0 Å². The molecule has 0 aliphatic heterocycles. The first-order chi connectivity index (χ1) is 20.8. The third-order valence-electron chi connectivity index (χ3n) is 6.49. The predicted octanol–water partition coefficient (Wildman–Crippen LogP) is 8.37. The van der Waals surface area contributed by atoms with E-state index in [9.17, 15) is 0 Å². The van der Waals surface area contributed by atoms with E-state index in [1.807, 2.05) is 0 Å². The second kappa shape index (κ2) is 16.2. The Bertz CT molecular complexity index is 1450. The average Bonchev–Trinajstić information content (AvgIpc) is 3.05. The number of rotatable bonds is 8. The zero-order valence-corrected chi connectivity index (χ0v) is 27.4. The molecule has 1 nitrogen and oxygen atoms in total. The first kappa shape index (κ1) is 30.7. The summed E-state index contributed by atoms with van der Waals surface area (Å²) in [6, 6.07) is 60.2. The fourth-order valence-electron chi connectivity index (χ4n) is 4.74. The molecule has 6 rings (SSSR count). The fraction of sp³-hybridized carbons (Fsp3) is 0. The molecule has 212 valence electrons. The zero-order chi connectivity index (χ0) is 29.0. The molecule has 6 aromatic rings. The molecule has 0 atom stereocenters. The van der Waals surface area contributed by atoms with E-state index in [0.717, 1.165) is 11.5 Å². The summed E-state index contributed by atoms with van der Waals surface area (Å²) in [5.74, 6) is 1.81. The Balaban J connectivity index is 0.00000113. The number of hydrogen-bond acceptors (Lipinski definition) is 1. The van der Waals surface area contributed by atoms with Gasteiger partial charge in [0.15, 0.2) is 0 Å². The SMILES string of the molecule is [Cl][Pd][Cl].c1ccc(P(c2ccccc2)c2ccccc2Oc2ccccc2P(c2ccccc2)c2ccccc2)cc1. The van der Waals surface area contributed by atoms with Crippen LogP contribution in [0.4, 0.5) is 0 Å². The van der Waals surface area contributed by atoms with E-state index < -0.39 is 15.8 Å². The van der Waals surface area contributed by atoms with Crippen molar-refractivity contribution < 1.29 is 20.7 Å². The van der Waals surface area contributed by atoms with Gasteiger partial charge in [0.25, 0.3) is 0 Å². The van der Waals surface area contributed by atoms with Gasteiger partial charge in [0, 0.05) is 10.6 Å². The molecule has 0 saturated carbocycles. The van der Waals surface area contributed by atoms with Gasteiger partial charge in [0.05, 0.1) is 0 Å². The van der Waals surface area contributed by atoms with Gasteiger partial charge in [-0.2, -0.15) is 0 Å². The van der Waals surface area contributed by atoms with Crippen LogP contribution in [0.15, 0.2) is 170 Å². The van der Waals surface area contributed by atoms with Gasteiger partial charge in [-0.05, 0) is 49.2 Å². The molecule has 0 spiro atoms. The molecule has 42 heavy (non-hydrogen) atoms. The zero-order valence-electron chi connectivity index (χ0n) is 22.5. The third-order valence-corrected chi connectivity index (χ3v) is 11.5. The number of ether oxygens (including phenoxy) is 1.